The molecule has 3 rings (SSSR count). The molecule has 1 aliphatic heterocycles. The number of phenolic OH excluding ortho intramolecular Hbond substituents is 1. The fourth-order valence-electron chi connectivity index (χ4n) is 4.00. The van der Waals surface area contributed by atoms with Crippen LogP contribution >= 0.6 is 0 Å². The van der Waals surface area contributed by atoms with E-state index in [4.69, 9.17) is 0 Å². The molecule has 2 aliphatic rings. The summed E-state index contributed by atoms with van der Waals surface area (Å²) in [6.07, 6.45) is 6.44. The summed E-state index contributed by atoms with van der Waals surface area (Å²) in [5.74, 6) is 0.351. The summed E-state index contributed by atoms with van der Waals surface area (Å²) < 4.78 is 0. The number of phenols is 1. The summed E-state index contributed by atoms with van der Waals surface area (Å²) in [5, 5.41) is 9.92. The standard InChI is InChI=1S/C19H26N2O3/c1-20(13-14-7-2-3-8-14)19(24)16-10-6-12-21(16)18(23)15-9-4-5-11-17(15)22/h4-5,9,11,14,16,22H,2-3,6-8,10,12-13H2,1H3/t16-/m1/s1. The number of carbonyl (C=O) groups excluding carboxylic acids is 2. The van der Waals surface area contributed by atoms with Crippen molar-refractivity contribution >= 4 is 11.8 Å². The molecular formula is C19H26N2O3. The second-order valence-corrected chi connectivity index (χ2v) is 7.04. The van der Waals surface area contributed by atoms with Gasteiger partial charge in [-0.25, -0.2) is 0 Å². The molecule has 0 spiro atoms. The van der Waals surface area contributed by atoms with Crippen molar-refractivity contribution in [3.63, 3.8) is 0 Å². The molecule has 0 aromatic heterocycles. The van der Waals surface area contributed by atoms with E-state index >= 15 is 0 Å². The second-order valence-electron chi connectivity index (χ2n) is 7.04. The zero-order valence-corrected chi connectivity index (χ0v) is 14.3. The van der Waals surface area contributed by atoms with Gasteiger partial charge in [-0.3, -0.25) is 9.59 Å². The molecule has 5 heteroatoms. The van der Waals surface area contributed by atoms with Gasteiger partial charge in [-0.1, -0.05) is 25.0 Å². The summed E-state index contributed by atoms with van der Waals surface area (Å²) >= 11 is 0. The van der Waals surface area contributed by atoms with Gasteiger partial charge in [0.1, 0.15) is 11.8 Å². The third kappa shape index (κ3) is 3.40. The maximum Gasteiger partial charge on any atom is 0.258 e. The van der Waals surface area contributed by atoms with Crippen LogP contribution in [0.2, 0.25) is 0 Å². The minimum atomic E-state index is -0.400. The Morgan fingerprint density at radius 2 is 1.88 bits per heavy atom. The number of rotatable bonds is 4. The van der Waals surface area contributed by atoms with Crippen molar-refractivity contribution in [2.75, 3.05) is 20.1 Å². The van der Waals surface area contributed by atoms with E-state index < -0.39 is 6.04 Å². The lowest BCUT2D eigenvalue weighted by Crippen LogP contribution is -2.47. The van der Waals surface area contributed by atoms with Crippen molar-refractivity contribution in [3.05, 3.63) is 29.8 Å². The lowest BCUT2D eigenvalue weighted by Gasteiger charge is -2.29. The highest BCUT2D eigenvalue weighted by molar-refractivity contribution is 5.99. The lowest BCUT2D eigenvalue weighted by molar-refractivity contribution is -0.134. The smallest absolute Gasteiger partial charge is 0.258 e. The molecule has 1 saturated heterocycles. The van der Waals surface area contributed by atoms with Gasteiger partial charge < -0.3 is 14.9 Å². The Bertz CT molecular complexity index is 610. The maximum absolute atomic E-state index is 12.8. The van der Waals surface area contributed by atoms with Crippen LogP contribution < -0.4 is 0 Å². The Balaban J connectivity index is 1.69. The molecule has 1 aromatic carbocycles. The molecule has 24 heavy (non-hydrogen) atoms. The number of carbonyl (C=O) groups is 2. The molecule has 0 radical (unpaired) electrons. The number of likely N-dealkylation sites (N-methyl/N-ethyl adjacent to an activating group) is 1. The van der Waals surface area contributed by atoms with Crippen LogP contribution in [-0.4, -0.2) is 52.9 Å². The number of hydrogen-bond donors (Lipinski definition) is 1. The zero-order chi connectivity index (χ0) is 17.1. The van der Waals surface area contributed by atoms with Crippen LogP contribution in [0.5, 0.6) is 5.75 Å². The van der Waals surface area contributed by atoms with Crippen molar-refractivity contribution in [3.8, 4) is 5.75 Å². The molecule has 2 amide bonds. The van der Waals surface area contributed by atoms with E-state index in [1.54, 1.807) is 28.0 Å². The molecule has 1 N–H and O–H groups in total. The first-order chi connectivity index (χ1) is 11.6. The Kier molecular flexibility index (Phi) is 5.07. The molecule has 0 bridgehead atoms. The van der Waals surface area contributed by atoms with Crippen molar-refractivity contribution < 1.29 is 14.7 Å². The van der Waals surface area contributed by atoms with Crippen LogP contribution in [0.1, 0.15) is 48.9 Å². The van der Waals surface area contributed by atoms with E-state index in [2.05, 4.69) is 0 Å². The number of para-hydroxylation sites is 1. The minimum absolute atomic E-state index is 0.0279. The fourth-order valence-corrected chi connectivity index (χ4v) is 4.00. The summed E-state index contributed by atoms with van der Waals surface area (Å²) in [7, 11) is 1.85. The number of aromatic hydroxyl groups is 1. The van der Waals surface area contributed by atoms with Crippen molar-refractivity contribution in [1.29, 1.82) is 0 Å². The predicted molar refractivity (Wildman–Crippen MR) is 91.8 cm³/mol. The molecule has 130 valence electrons. The van der Waals surface area contributed by atoms with E-state index in [0.717, 1.165) is 13.0 Å². The Hall–Kier alpha value is -2.04. The average molecular weight is 330 g/mol. The molecule has 1 heterocycles. The van der Waals surface area contributed by atoms with Gasteiger partial charge in [-0.15, -0.1) is 0 Å². The molecule has 0 unspecified atom stereocenters. The van der Waals surface area contributed by atoms with Crippen molar-refractivity contribution in [1.82, 2.24) is 9.80 Å². The van der Waals surface area contributed by atoms with E-state index in [-0.39, 0.29) is 23.1 Å². The van der Waals surface area contributed by atoms with Crippen molar-refractivity contribution in [2.45, 2.75) is 44.6 Å². The summed E-state index contributed by atoms with van der Waals surface area (Å²) in [4.78, 5) is 29.0. The third-order valence-corrected chi connectivity index (χ3v) is 5.32. The maximum atomic E-state index is 12.8. The normalized spacial score (nSPS) is 21.2. The van der Waals surface area contributed by atoms with Crippen LogP contribution in [0.3, 0.4) is 0 Å². The van der Waals surface area contributed by atoms with Crippen molar-refractivity contribution in [2.24, 2.45) is 5.92 Å². The Labute approximate surface area is 143 Å². The Morgan fingerprint density at radius 1 is 1.17 bits per heavy atom. The van der Waals surface area contributed by atoms with Crippen LogP contribution in [0.15, 0.2) is 24.3 Å². The summed E-state index contributed by atoms with van der Waals surface area (Å²) in [6.45, 7) is 1.36. The quantitative estimate of drug-likeness (QED) is 0.923. The third-order valence-electron chi connectivity index (χ3n) is 5.32. The molecular weight excluding hydrogens is 304 g/mol. The molecule has 1 atom stereocenters. The van der Waals surface area contributed by atoms with Gasteiger partial charge in [-0.05, 0) is 43.7 Å². The highest BCUT2D eigenvalue weighted by Gasteiger charge is 2.37. The van der Waals surface area contributed by atoms with Crippen LogP contribution in [0.25, 0.3) is 0 Å². The first-order valence-corrected chi connectivity index (χ1v) is 8.92. The van der Waals surface area contributed by atoms with Gasteiger partial charge in [0.05, 0.1) is 5.56 Å². The lowest BCUT2D eigenvalue weighted by atomic mass is 10.1. The van der Waals surface area contributed by atoms with E-state index in [9.17, 15) is 14.7 Å². The first-order valence-electron chi connectivity index (χ1n) is 8.92. The van der Waals surface area contributed by atoms with Gasteiger partial charge in [-0.2, -0.15) is 0 Å². The predicted octanol–water partition coefficient (Wildman–Crippen LogP) is 2.65. The second kappa shape index (κ2) is 7.24. The number of hydrogen-bond acceptors (Lipinski definition) is 3. The Morgan fingerprint density at radius 3 is 2.58 bits per heavy atom. The van der Waals surface area contributed by atoms with Gasteiger partial charge in [0.15, 0.2) is 0 Å². The topological polar surface area (TPSA) is 60.9 Å². The number of nitrogens with zero attached hydrogens (tertiary/aromatic N) is 2. The highest BCUT2D eigenvalue weighted by Crippen LogP contribution is 2.28. The van der Waals surface area contributed by atoms with Crippen LogP contribution in [-0.2, 0) is 4.79 Å². The highest BCUT2D eigenvalue weighted by atomic mass is 16.3. The van der Waals surface area contributed by atoms with Crippen LogP contribution in [0.4, 0.5) is 0 Å². The minimum Gasteiger partial charge on any atom is -0.507 e. The molecule has 5 nitrogen and oxygen atoms in total. The fraction of sp³-hybridized carbons (Fsp3) is 0.579. The number of amides is 2. The number of benzene rings is 1. The van der Waals surface area contributed by atoms with Crippen LogP contribution in [0, 0.1) is 5.92 Å². The largest absolute Gasteiger partial charge is 0.507 e. The van der Waals surface area contributed by atoms with Gasteiger partial charge >= 0.3 is 0 Å². The zero-order valence-electron chi connectivity index (χ0n) is 14.3. The van der Waals surface area contributed by atoms with E-state index in [0.29, 0.717) is 18.9 Å². The number of likely N-dealkylation sites (tertiary alicyclic amines) is 1. The molecule has 2 fully saturated rings. The van der Waals surface area contributed by atoms with Gasteiger partial charge in [0.2, 0.25) is 5.91 Å². The molecule has 1 aromatic rings. The average Bonchev–Trinajstić information content (AvgIpc) is 3.25. The monoisotopic (exact) mass is 330 g/mol. The molecule has 1 aliphatic carbocycles. The van der Waals surface area contributed by atoms with E-state index in [1.807, 2.05) is 7.05 Å². The van der Waals surface area contributed by atoms with E-state index in [1.165, 1.54) is 31.7 Å². The van der Waals surface area contributed by atoms with Gasteiger partial charge in [0, 0.05) is 20.1 Å². The SMILES string of the molecule is CN(CC1CCCC1)C(=O)[C@H]1CCCN1C(=O)c1ccccc1O. The summed E-state index contributed by atoms with van der Waals surface area (Å²) in [5.41, 5.74) is 0.274. The molecule has 1 saturated carbocycles. The summed E-state index contributed by atoms with van der Waals surface area (Å²) in [6, 6.07) is 6.13. The van der Waals surface area contributed by atoms with Gasteiger partial charge in [0.25, 0.3) is 5.91 Å². The first kappa shape index (κ1) is 16.8.